The van der Waals surface area contributed by atoms with Crippen molar-refractivity contribution in [3.63, 3.8) is 0 Å². The maximum absolute atomic E-state index is 9.25. The molecule has 6 nitrogen and oxygen atoms in total. The Morgan fingerprint density at radius 1 is 1.39 bits per heavy atom. The average molecular weight is 317 g/mol. The minimum absolute atomic E-state index is 0.127. The van der Waals surface area contributed by atoms with Crippen LogP contribution in [0.15, 0.2) is 12.5 Å². The highest BCUT2D eigenvalue weighted by Gasteiger charge is 2.28. The van der Waals surface area contributed by atoms with E-state index in [1.807, 2.05) is 6.20 Å². The number of aromatic amines is 1. The predicted molar refractivity (Wildman–Crippen MR) is 92.6 cm³/mol. The molecule has 2 aromatic rings. The number of nitrogens with one attached hydrogen (secondary N) is 2. The van der Waals surface area contributed by atoms with Crippen molar-refractivity contribution in [3.05, 3.63) is 18.1 Å². The number of fused-ring (bicyclic) bond motifs is 1. The van der Waals surface area contributed by atoms with Crippen LogP contribution in [0.2, 0.25) is 0 Å². The Hall–Kier alpha value is -1.66. The summed E-state index contributed by atoms with van der Waals surface area (Å²) >= 11 is 0. The summed E-state index contributed by atoms with van der Waals surface area (Å²) in [4.78, 5) is 14.5. The Balaban J connectivity index is 1.82. The van der Waals surface area contributed by atoms with Crippen LogP contribution in [-0.2, 0) is 6.42 Å². The van der Waals surface area contributed by atoms with Gasteiger partial charge in [0.05, 0.1) is 5.39 Å². The number of nitrogens with zero attached hydrogens (tertiary/aromatic N) is 3. The number of anilines is 1. The molecule has 126 valence electrons. The number of aliphatic hydroxyl groups is 1. The molecule has 1 aliphatic rings. The number of hydrogen-bond acceptors (Lipinski definition) is 5. The van der Waals surface area contributed by atoms with Crippen molar-refractivity contribution in [2.24, 2.45) is 0 Å². The second kappa shape index (κ2) is 6.45. The van der Waals surface area contributed by atoms with E-state index in [1.165, 1.54) is 6.42 Å². The number of H-pyrrole nitrogens is 1. The Morgan fingerprint density at radius 2 is 2.22 bits per heavy atom. The van der Waals surface area contributed by atoms with Gasteiger partial charge in [0.1, 0.15) is 17.8 Å². The van der Waals surface area contributed by atoms with Gasteiger partial charge in [-0.25, -0.2) is 9.97 Å². The number of aliphatic hydroxyl groups excluding tert-OH is 1. The van der Waals surface area contributed by atoms with Gasteiger partial charge in [0, 0.05) is 30.9 Å². The van der Waals surface area contributed by atoms with Crippen LogP contribution in [0.4, 0.5) is 5.82 Å². The standard InChI is InChI=1S/C17H27N5O/c1-17(2,3)22-7-4-5-13(10-22)21-16-14-12(6-8-23)9-18-15(14)19-11-20-16/h9,11,13,23H,4-8,10H2,1-3H3,(H2,18,19,20,21)/t13-/m1/s1. The lowest BCUT2D eigenvalue weighted by Gasteiger charge is -2.41. The first-order chi connectivity index (χ1) is 11.0. The van der Waals surface area contributed by atoms with E-state index in [0.717, 1.165) is 41.9 Å². The molecule has 3 N–H and O–H groups in total. The largest absolute Gasteiger partial charge is 0.396 e. The molecule has 3 rings (SSSR count). The first kappa shape index (κ1) is 16.2. The third-order valence-corrected chi connectivity index (χ3v) is 4.64. The molecule has 0 spiro atoms. The van der Waals surface area contributed by atoms with Crippen LogP contribution in [-0.4, -0.2) is 56.2 Å². The van der Waals surface area contributed by atoms with Gasteiger partial charge >= 0.3 is 0 Å². The molecule has 0 unspecified atom stereocenters. The molecule has 1 saturated heterocycles. The van der Waals surface area contributed by atoms with Gasteiger partial charge < -0.3 is 15.4 Å². The minimum atomic E-state index is 0.127. The molecule has 0 amide bonds. The normalized spacial score (nSPS) is 20.1. The first-order valence-corrected chi connectivity index (χ1v) is 8.42. The van der Waals surface area contributed by atoms with E-state index < -0.39 is 0 Å². The summed E-state index contributed by atoms with van der Waals surface area (Å²) in [6.45, 7) is 9.11. The van der Waals surface area contributed by atoms with Crippen LogP contribution < -0.4 is 5.32 Å². The second-order valence-corrected chi connectivity index (χ2v) is 7.33. The molecular weight excluding hydrogens is 290 g/mol. The Kier molecular flexibility index (Phi) is 4.55. The smallest absolute Gasteiger partial charge is 0.143 e. The lowest BCUT2D eigenvalue weighted by Crippen LogP contribution is -2.50. The average Bonchev–Trinajstić information content (AvgIpc) is 2.92. The molecule has 23 heavy (non-hydrogen) atoms. The molecule has 2 aromatic heterocycles. The summed E-state index contributed by atoms with van der Waals surface area (Å²) in [7, 11) is 0. The second-order valence-electron chi connectivity index (χ2n) is 7.33. The van der Waals surface area contributed by atoms with Crippen LogP contribution in [0.3, 0.4) is 0 Å². The number of hydrogen-bond donors (Lipinski definition) is 3. The van der Waals surface area contributed by atoms with E-state index in [2.05, 4.69) is 45.9 Å². The Bertz CT molecular complexity index is 661. The Labute approximate surface area is 137 Å². The summed E-state index contributed by atoms with van der Waals surface area (Å²) in [5.41, 5.74) is 2.08. The topological polar surface area (TPSA) is 77.1 Å². The van der Waals surface area contributed by atoms with Crippen LogP contribution in [0.25, 0.3) is 11.0 Å². The highest BCUT2D eigenvalue weighted by atomic mass is 16.2. The maximum Gasteiger partial charge on any atom is 0.143 e. The van der Waals surface area contributed by atoms with Crippen LogP contribution in [0.1, 0.15) is 39.2 Å². The van der Waals surface area contributed by atoms with E-state index >= 15 is 0 Å². The molecule has 1 aliphatic heterocycles. The van der Waals surface area contributed by atoms with Crippen LogP contribution in [0, 0.1) is 0 Å². The molecular formula is C17H27N5O. The van der Waals surface area contributed by atoms with E-state index in [0.29, 0.717) is 12.5 Å². The number of likely N-dealkylation sites (tertiary alicyclic amines) is 1. The van der Waals surface area contributed by atoms with Gasteiger partial charge in [0.2, 0.25) is 0 Å². The van der Waals surface area contributed by atoms with Gasteiger partial charge in [-0.15, -0.1) is 0 Å². The monoisotopic (exact) mass is 317 g/mol. The molecule has 0 aliphatic carbocycles. The lowest BCUT2D eigenvalue weighted by atomic mass is 9.98. The molecule has 0 saturated carbocycles. The fraction of sp³-hybridized carbons (Fsp3) is 0.647. The summed E-state index contributed by atoms with van der Waals surface area (Å²) in [5.74, 6) is 0.875. The quantitative estimate of drug-likeness (QED) is 0.805. The van der Waals surface area contributed by atoms with Crippen molar-refractivity contribution in [3.8, 4) is 0 Å². The summed E-state index contributed by atoms with van der Waals surface area (Å²) in [6.07, 6.45) is 6.47. The molecule has 0 bridgehead atoms. The third kappa shape index (κ3) is 3.48. The number of piperidine rings is 1. The molecule has 0 radical (unpaired) electrons. The summed E-state index contributed by atoms with van der Waals surface area (Å²) < 4.78 is 0. The highest BCUT2D eigenvalue weighted by Crippen LogP contribution is 2.27. The van der Waals surface area contributed by atoms with E-state index in [9.17, 15) is 5.11 Å². The Morgan fingerprint density at radius 3 is 2.96 bits per heavy atom. The van der Waals surface area contributed by atoms with Gasteiger partial charge in [0.25, 0.3) is 0 Å². The predicted octanol–water partition coefficient (Wildman–Crippen LogP) is 2.17. The molecule has 0 aromatic carbocycles. The van der Waals surface area contributed by atoms with Crippen molar-refractivity contribution >= 4 is 16.9 Å². The van der Waals surface area contributed by atoms with Gasteiger partial charge in [-0.1, -0.05) is 0 Å². The molecule has 6 heteroatoms. The van der Waals surface area contributed by atoms with Crippen molar-refractivity contribution in [2.75, 3.05) is 25.0 Å². The first-order valence-electron chi connectivity index (χ1n) is 8.42. The zero-order valence-corrected chi connectivity index (χ0v) is 14.3. The highest BCUT2D eigenvalue weighted by molar-refractivity contribution is 5.90. The van der Waals surface area contributed by atoms with E-state index in [1.54, 1.807) is 6.33 Å². The molecule has 1 atom stereocenters. The third-order valence-electron chi connectivity index (χ3n) is 4.64. The number of rotatable bonds is 4. The van der Waals surface area contributed by atoms with Gasteiger partial charge in [-0.2, -0.15) is 0 Å². The fourth-order valence-electron chi connectivity index (χ4n) is 3.35. The zero-order chi connectivity index (χ0) is 16.4. The minimum Gasteiger partial charge on any atom is -0.396 e. The number of aromatic nitrogens is 3. The SMILES string of the molecule is CC(C)(C)N1CCC[C@@H](Nc2ncnc3[nH]cc(CCO)c23)C1. The van der Waals surface area contributed by atoms with Gasteiger partial charge in [0.15, 0.2) is 0 Å². The van der Waals surface area contributed by atoms with E-state index in [-0.39, 0.29) is 12.1 Å². The molecule has 1 fully saturated rings. The summed E-state index contributed by atoms with van der Waals surface area (Å²) in [5, 5.41) is 13.9. The van der Waals surface area contributed by atoms with Crippen molar-refractivity contribution in [2.45, 2.75) is 51.6 Å². The van der Waals surface area contributed by atoms with Crippen LogP contribution in [0.5, 0.6) is 0 Å². The van der Waals surface area contributed by atoms with Crippen molar-refractivity contribution in [1.82, 2.24) is 19.9 Å². The van der Waals surface area contributed by atoms with Crippen molar-refractivity contribution < 1.29 is 5.11 Å². The zero-order valence-electron chi connectivity index (χ0n) is 14.3. The van der Waals surface area contributed by atoms with Crippen LogP contribution >= 0.6 is 0 Å². The fourth-order valence-corrected chi connectivity index (χ4v) is 3.35. The summed E-state index contributed by atoms with van der Waals surface area (Å²) in [6, 6.07) is 0.387. The van der Waals surface area contributed by atoms with Gasteiger partial charge in [-0.3, -0.25) is 4.90 Å². The van der Waals surface area contributed by atoms with Gasteiger partial charge in [-0.05, 0) is 52.1 Å². The molecule has 3 heterocycles. The van der Waals surface area contributed by atoms with E-state index in [4.69, 9.17) is 0 Å². The maximum atomic E-state index is 9.25. The van der Waals surface area contributed by atoms with Crippen molar-refractivity contribution in [1.29, 1.82) is 0 Å². The lowest BCUT2D eigenvalue weighted by molar-refractivity contribution is 0.104.